The van der Waals surface area contributed by atoms with Gasteiger partial charge in [0.2, 0.25) is 5.91 Å². The van der Waals surface area contributed by atoms with E-state index < -0.39 is 0 Å². The highest BCUT2D eigenvalue weighted by atomic mass is 32.1. The summed E-state index contributed by atoms with van der Waals surface area (Å²) < 4.78 is 1.22. The Hall–Kier alpha value is -2.61. The van der Waals surface area contributed by atoms with Gasteiger partial charge in [-0.05, 0) is 19.1 Å². The molecule has 0 spiro atoms. The molecule has 3 rings (SSSR count). The van der Waals surface area contributed by atoms with E-state index in [1.54, 1.807) is 41.8 Å². The van der Waals surface area contributed by atoms with Gasteiger partial charge in [-0.1, -0.05) is 17.3 Å². The number of fused-ring (bicyclic) bond motifs is 1. The Balaban J connectivity index is 1.60. The maximum absolute atomic E-state index is 12.2. The molecular weight excluding hydrogens is 314 g/mol. The number of benzene rings is 1. The van der Waals surface area contributed by atoms with Crippen LogP contribution in [0.25, 0.3) is 10.9 Å². The first kappa shape index (κ1) is 15.3. The number of aryl methyl sites for hydroxylation is 2. The van der Waals surface area contributed by atoms with Crippen LogP contribution in [0.1, 0.15) is 16.3 Å². The fourth-order valence-corrected chi connectivity index (χ4v) is 2.87. The van der Waals surface area contributed by atoms with Crippen molar-refractivity contribution in [1.82, 2.24) is 25.3 Å². The molecule has 3 aromatic rings. The summed E-state index contributed by atoms with van der Waals surface area (Å²) in [5.74, 6) is -0.141. The predicted octanol–water partition coefficient (Wildman–Crippen LogP) is 1.26. The molecule has 0 atom stereocenters. The summed E-state index contributed by atoms with van der Waals surface area (Å²) in [5, 5.41) is 12.1. The van der Waals surface area contributed by atoms with E-state index in [9.17, 15) is 9.59 Å². The molecule has 1 N–H and O–H groups in total. The third kappa shape index (κ3) is 3.59. The Morgan fingerprint density at radius 2 is 2.17 bits per heavy atom. The first-order chi connectivity index (χ1) is 11.1. The first-order valence-corrected chi connectivity index (χ1v) is 7.95. The van der Waals surface area contributed by atoms with E-state index in [1.165, 1.54) is 4.68 Å². The van der Waals surface area contributed by atoms with Crippen molar-refractivity contribution in [3.63, 3.8) is 0 Å². The third-order valence-electron chi connectivity index (χ3n) is 3.31. The van der Waals surface area contributed by atoms with E-state index in [2.05, 4.69) is 20.6 Å². The zero-order valence-corrected chi connectivity index (χ0v) is 13.3. The fourth-order valence-electron chi connectivity index (χ4n) is 2.14. The molecule has 23 heavy (non-hydrogen) atoms. The van der Waals surface area contributed by atoms with Gasteiger partial charge in [-0.25, -0.2) is 9.67 Å². The van der Waals surface area contributed by atoms with E-state index in [0.29, 0.717) is 17.4 Å². The second kappa shape index (κ2) is 6.66. The average Bonchev–Trinajstić information content (AvgIpc) is 2.98. The van der Waals surface area contributed by atoms with Crippen LogP contribution in [0.5, 0.6) is 0 Å². The van der Waals surface area contributed by atoms with Crippen molar-refractivity contribution < 1.29 is 4.79 Å². The number of rotatable bonds is 5. The lowest BCUT2D eigenvalue weighted by Crippen LogP contribution is -2.29. The standard InChI is InChI=1S/C15H15N5O2S/c1-10-16-8-11(23-10)9-17-14(21)6-7-20-15(22)12-4-2-3-5-13(12)18-19-20/h2-5,8H,6-7,9H2,1H3,(H,17,21). The Bertz CT molecular complexity index is 902. The van der Waals surface area contributed by atoms with Crippen molar-refractivity contribution in [2.75, 3.05) is 0 Å². The van der Waals surface area contributed by atoms with Gasteiger partial charge in [0.25, 0.3) is 5.56 Å². The number of nitrogens with one attached hydrogen (secondary N) is 1. The summed E-state index contributed by atoms with van der Waals surface area (Å²) in [6.45, 7) is 2.56. The normalized spacial score (nSPS) is 10.8. The topological polar surface area (TPSA) is 89.8 Å². The van der Waals surface area contributed by atoms with Gasteiger partial charge in [-0.15, -0.1) is 16.4 Å². The van der Waals surface area contributed by atoms with Gasteiger partial charge in [0, 0.05) is 17.5 Å². The molecule has 0 radical (unpaired) electrons. The third-order valence-corrected chi connectivity index (χ3v) is 4.22. The maximum atomic E-state index is 12.2. The molecule has 1 amide bonds. The molecule has 0 aliphatic carbocycles. The van der Waals surface area contributed by atoms with Crippen molar-refractivity contribution >= 4 is 28.1 Å². The number of carbonyl (C=O) groups is 1. The number of amides is 1. The highest BCUT2D eigenvalue weighted by molar-refractivity contribution is 7.11. The van der Waals surface area contributed by atoms with E-state index in [-0.39, 0.29) is 24.4 Å². The number of hydrogen-bond acceptors (Lipinski definition) is 6. The molecule has 118 valence electrons. The number of thiazole rings is 1. The molecule has 2 heterocycles. The highest BCUT2D eigenvalue weighted by Crippen LogP contribution is 2.10. The van der Waals surface area contributed by atoms with E-state index in [4.69, 9.17) is 0 Å². The molecule has 0 aliphatic rings. The van der Waals surface area contributed by atoms with Crippen LogP contribution in [-0.4, -0.2) is 25.9 Å². The van der Waals surface area contributed by atoms with Gasteiger partial charge in [-0.3, -0.25) is 9.59 Å². The highest BCUT2D eigenvalue weighted by Gasteiger charge is 2.08. The Morgan fingerprint density at radius 3 is 2.96 bits per heavy atom. The monoisotopic (exact) mass is 329 g/mol. The summed E-state index contributed by atoms with van der Waals surface area (Å²) in [6, 6.07) is 7.02. The smallest absolute Gasteiger partial charge is 0.277 e. The molecule has 1 aromatic carbocycles. The minimum absolute atomic E-state index is 0.141. The van der Waals surface area contributed by atoms with Crippen LogP contribution >= 0.6 is 11.3 Å². The maximum Gasteiger partial charge on any atom is 0.277 e. The zero-order chi connectivity index (χ0) is 16.2. The first-order valence-electron chi connectivity index (χ1n) is 7.14. The SMILES string of the molecule is Cc1ncc(CNC(=O)CCn2nnc3ccccc3c2=O)s1. The summed E-state index contributed by atoms with van der Waals surface area (Å²) in [5.41, 5.74) is 0.320. The minimum Gasteiger partial charge on any atom is -0.351 e. The Labute approximate surface area is 136 Å². The average molecular weight is 329 g/mol. The largest absolute Gasteiger partial charge is 0.351 e. The van der Waals surface area contributed by atoms with Gasteiger partial charge < -0.3 is 5.32 Å². The van der Waals surface area contributed by atoms with E-state index in [0.717, 1.165) is 9.88 Å². The van der Waals surface area contributed by atoms with Crippen LogP contribution in [0.4, 0.5) is 0 Å². The van der Waals surface area contributed by atoms with Gasteiger partial charge in [0.05, 0.1) is 23.5 Å². The molecule has 0 fully saturated rings. The quantitative estimate of drug-likeness (QED) is 0.761. The second-order valence-electron chi connectivity index (χ2n) is 5.01. The van der Waals surface area contributed by atoms with Crippen molar-refractivity contribution in [2.24, 2.45) is 0 Å². The second-order valence-corrected chi connectivity index (χ2v) is 6.33. The van der Waals surface area contributed by atoms with Crippen LogP contribution in [0, 0.1) is 6.92 Å². The van der Waals surface area contributed by atoms with Crippen molar-refractivity contribution in [3.8, 4) is 0 Å². The van der Waals surface area contributed by atoms with Crippen LogP contribution in [-0.2, 0) is 17.9 Å². The van der Waals surface area contributed by atoms with Gasteiger partial charge in [-0.2, -0.15) is 0 Å². The molecular formula is C15H15N5O2S. The molecule has 0 aliphatic heterocycles. The summed E-state index contributed by atoms with van der Waals surface area (Å²) in [4.78, 5) is 29.3. The zero-order valence-electron chi connectivity index (χ0n) is 12.5. The van der Waals surface area contributed by atoms with Crippen molar-refractivity contribution in [2.45, 2.75) is 26.4 Å². The van der Waals surface area contributed by atoms with Crippen LogP contribution in [0.3, 0.4) is 0 Å². The number of hydrogen-bond donors (Lipinski definition) is 1. The predicted molar refractivity (Wildman–Crippen MR) is 87.1 cm³/mol. The molecule has 0 bridgehead atoms. The summed E-state index contributed by atoms with van der Waals surface area (Å²) in [6.07, 6.45) is 1.92. The van der Waals surface area contributed by atoms with Crippen LogP contribution < -0.4 is 10.9 Å². The van der Waals surface area contributed by atoms with Gasteiger partial charge in [0.1, 0.15) is 5.52 Å². The van der Waals surface area contributed by atoms with Crippen LogP contribution in [0.15, 0.2) is 35.3 Å². The lowest BCUT2D eigenvalue weighted by atomic mass is 10.2. The van der Waals surface area contributed by atoms with Crippen molar-refractivity contribution in [1.29, 1.82) is 0 Å². The molecule has 0 saturated heterocycles. The number of nitrogens with zero attached hydrogens (tertiary/aromatic N) is 4. The Kier molecular flexibility index (Phi) is 4.42. The van der Waals surface area contributed by atoms with Gasteiger partial charge >= 0.3 is 0 Å². The van der Waals surface area contributed by atoms with E-state index in [1.807, 2.05) is 6.92 Å². The molecule has 7 nitrogen and oxygen atoms in total. The molecule has 0 unspecified atom stereocenters. The lowest BCUT2D eigenvalue weighted by Gasteiger charge is -2.05. The number of aromatic nitrogens is 4. The van der Waals surface area contributed by atoms with Crippen LogP contribution in [0.2, 0.25) is 0 Å². The minimum atomic E-state index is -0.235. The molecule has 2 aromatic heterocycles. The van der Waals surface area contributed by atoms with Crippen molar-refractivity contribution in [3.05, 3.63) is 50.7 Å². The Morgan fingerprint density at radius 1 is 1.35 bits per heavy atom. The number of carbonyl (C=O) groups excluding carboxylic acids is 1. The lowest BCUT2D eigenvalue weighted by molar-refractivity contribution is -0.121. The summed E-state index contributed by atoms with van der Waals surface area (Å²) in [7, 11) is 0. The fraction of sp³-hybridized carbons (Fsp3) is 0.267. The van der Waals surface area contributed by atoms with E-state index >= 15 is 0 Å². The molecule has 8 heteroatoms. The summed E-state index contributed by atoms with van der Waals surface area (Å²) >= 11 is 1.54. The molecule has 0 saturated carbocycles. The van der Waals surface area contributed by atoms with Gasteiger partial charge in [0.15, 0.2) is 0 Å².